The Morgan fingerprint density at radius 2 is 1.97 bits per heavy atom. The van der Waals surface area contributed by atoms with Crippen LogP contribution >= 0.6 is 11.3 Å². The Bertz CT molecular complexity index is 1220. The summed E-state index contributed by atoms with van der Waals surface area (Å²) in [7, 11) is 1.69. The minimum atomic E-state index is -0.0437. The van der Waals surface area contributed by atoms with Crippen molar-refractivity contribution in [3.05, 3.63) is 70.9 Å². The van der Waals surface area contributed by atoms with Crippen LogP contribution < -0.4 is 11.1 Å². The number of ether oxygens (including phenoxy) is 1. The summed E-state index contributed by atoms with van der Waals surface area (Å²) in [6.45, 7) is 2.63. The molecule has 0 unspecified atom stereocenters. The molecule has 158 valence electrons. The molecule has 7 heteroatoms. The number of carbonyl (C=O) groups excluding carboxylic acids is 1. The van der Waals surface area contributed by atoms with Gasteiger partial charge in [0.15, 0.2) is 0 Å². The Morgan fingerprint density at radius 1 is 1.16 bits per heavy atom. The van der Waals surface area contributed by atoms with Crippen molar-refractivity contribution in [2.24, 2.45) is 0 Å². The molecular formula is C24H24N4O2S. The summed E-state index contributed by atoms with van der Waals surface area (Å²) in [6.07, 6.45) is 2.60. The largest absolute Gasteiger partial charge is 0.384 e. The number of nitrogens with zero attached hydrogens (tertiary/aromatic N) is 2. The molecule has 0 saturated carbocycles. The molecule has 6 nitrogen and oxygen atoms in total. The van der Waals surface area contributed by atoms with Crippen LogP contribution in [0.1, 0.15) is 16.0 Å². The molecule has 0 radical (unpaired) electrons. The number of thiophene rings is 1. The molecule has 0 fully saturated rings. The average Bonchev–Trinajstić information content (AvgIpc) is 3.12. The van der Waals surface area contributed by atoms with Crippen molar-refractivity contribution >= 4 is 39.0 Å². The zero-order valence-corrected chi connectivity index (χ0v) is 18.3. The van der Waals surface area contributed by atoms with Gasteiger partial charge in [0.25, 0.3) is 0 Å². The van der Waals surface area contributed by atoms with Crippen molar-refractivity contribution in [2.45, 2.75) is 19.8 Å². The number of aromatic nitrogens is 2. The summed E-state index contributed by atoms with van der Waals surface area (Å²) in [6, 6.07) is 15.8. The number of nitrogens with two attached hydrogens (primary N) is 1. The lowest BCUT2D eigenvalue weighted by Gasteiger charge is -2.09. The molecule has 0 saturated heterocycles. The summed E-state index contributed by atoms with van der Waals surface area (Å²) in [5, 5.41) is 3.84. The predicted octanol–water partition coefficient (Wildman–Crippen LogP) is 4.62. The van der Waals surface area contributed by atoms with E-state index in [1.807, 2.05) is 55.5 Å². The smallest absolute Gasteiger partial charge is 0.228 e. The molecular weight excluding hydrogens is 408 g/mol. The number of hydrogen-bond acceptors (Lipinski definition) is 6. The van der Waals surface area contributed by atoms with E-state index in [0.29, 0.717) is 18.8 Å². The van der Waals surface area contributed by atoms with Crippen molar-refractivity contribution in [1.82, 2.24) is 9.97 Å². The van der Waals surface area contributed by atoms with E-state index < -0.39 is 0 Å². The molecule has 31 heavy (non-hydrogen) atoms. The van der Waals surface area contributed by atoms with Gasteiger partial charge in [0.05, 0.1) is 18.4 Å². The SMILES string of the molecule is COCCc1sc2ncnc(N)c2c1-c1ccc(NC(=O)Cc2cccc(C)c2)cc1. The summed E-state index contributed by atoms with van der Waals surface area (Å²) >= 11 is 1.61. The van der Waals surface area contributed by atoms with Gasteiger partial charge >= 0.3 is 0 Å². The fourth-order valence-corrected chi connectivity index (χ4v) is 4.76. The molecule has 4 rings (SSSR count). The van der Waals surface area contributed by atoms with Crippen molar-refractivity contribution in [3.63, 3.8) is 0 Å². The van der Waals surface area contributed by atoms with Gasteiger partial charge in [-0.3, -0.25) is 4.79 Å². The van der Waals surface area contributed by atoms with Crippen LogP contribution in [0, 0.1) is 6.92 Å². The van der Waals surface area contributed by atoms with Gasteiger partial charge in [0.2, 0.25) is 5.91 Å². The topological polar surface area (TPSA) is 90.1 Å². The van der Waals surface area contributed by atoms with Crippen molar-refractivity contribution in [1.29, 1.82) is 0 Å². The van der Waals surface area contributed by atoms with E-state index in [4.69, 9.17) is 10.5 Å². The zero-order valence-electron chi connectivity index (χ0n) is 17.5. The highest BCUT2D eigenvalue weighted by Gasteiger charge is 2.18. The lowest BCUT2D eigenvalue weighted by Crippen LogP contribution is -2.14. The van der Waals surface area contributed by atoms with Crippen molar-refractivity contribution < 1.29 is 9.53 Å². The molecule has 2 heterocycles. The quantitative estimate of drug-likeness (QED) is 0.445. The highest BCUT2D eigenvalue weighted by atomic mass is 32.1. The Kier molecular flexibility index (Phi) is 6.25. The normalized spacial score (nSPS) is 11.0. The summed E-state index contributed by atoms with van der Waals surface area (Å²) < 4.78 is 5.27. The maximum absolute atomic E-state index is 12.4. The summed E-state index contributed by atoms with van der Waals surface area (Å²) in [4.78, 5) is 23.0. The second-order valence-corrected chi connectivity index (χ2v) is 8.46. The predicted molar refractivity (Wildman–Crippen MR) is 126 cm³/mol. The second-order valence-electron chi connectivity index (χ2n) is 7.37. The monoisotopic (exact) mass is 432 g/mol. The third kappa shape index (κ3) is 4.73. The van der Waals surface area contributed by atoms with E-state index in [9.17, 15) is 4.79 Å². The first-order chi connectivity index (χ1) is 15.0. The number of methoxy groups -OCH3 is 1. The maximum atomic E-state index is 12.4. The molecule has 1 amide bonds. The van der Waals surface area contributed by atoms with Gasteiger partial charge in [0.1, 0.15) is 17.0 Å². The first-order valence-corrected chi connectivity index (χ1v) is 10.8. The molecule has 2 aromatic heterocycles. The lowest BCUT2D eigenvalue weighted by molar-refractivity contribution is -0.115. The highest BCUT2D eigenvalue weighted by molar-refractivity contribution is 7.19. The van der Waals surface area contributed by atoms with Crippen LogP contribution in [0.25, 0.3) is 21.3 Å². The van der Waals surface area contributed by atoms with Crippen LogP contribution in [0.4, 0.5) is 11.5 Å². The molecule has 0 bridgehead atoms. The molecule has 4 aromatic rings. The van der Waals surface area contributed by atoms with E-state index in [2.05, 4.69) is 15.3 Å². The number of anilines is 2. The van der Waals surface area contributed by atoms with Crippen LogP contribution in [0.2, 0.25) is 0 Å². The third-order valence-corrected chi connectivity index (χ3v) is 6.19. The number of amides is 1. The van der Waals surface area contributed by atoms with Crippen LogP contribution in [-0.2, 0) is 22.4 Å². The first-order valence-electron chi connectivity index (χ1n) is 10.0. The van der Waals surface area contributed by atoms with Crippen LogP contribution in [0.15, 0.2) is 54.9 Å². The van der Waals surface area contributed by atoms with Crippen LogP contribution in [-0.4, -0.2) is 29.6 Å². The zero-order chi connectivity index (χ0) is 21.8. The van der Waals surface area contributed by atoms with Gasteiger partial charge in [0, 0.05) is 29.7 Å². The number of nitrogen functional groups attached to an aromatic ring is 1. The molecule has 0 atom stereocenters. The summed E-state index contributed by atoms with van der Waals surface area (Å²) in [5.74, 6) is 0.424. The van der Waals surface area contributed by atoms with Gasteiger partial charge in [-0.2, -0.15) is 0 Å². The van der Waals surface area contributed by atoms with E-state index in [1.54, 1.807) is 18.4 Å². The number of aryl methyl sites for hydroxylation is 1. The minimum absolute atomic E-state index is 0.0437. The lowest BCUT2D eigenvalue weighted by atomic mass is 10.0. The van der Waals surface area contributed by atoms with E-state index in [-0.39, 0.29) is 5.91 Å². The number of carbonyl (C=O) groups is 1. The molecule has 0 aliphatic rings. The minimum Gasteiger partial charge on any atom is -0.384 e. The Labute approximate surface area is 185 Å². The first kappa shape index (κ1) is 21.0. The number of nitrogens with one attached hydrogen (secondary N) is 1. The van der Waals surface area contributed by atoms with Crippen LogP contribution in [0.3, 0.4) is 0 Å². The Hall–Kier alpha value is -3.29. The molecule has 0 aliphatic carbocycles. The standard InChI is InChI=1S/C24H24N4O2S/c1-15-4-3-5-16(12-15)13-20(29)28-18-8-6-17(7-9-18)21-19(10-11-30-2)31-24-22(21)23(25)26-14-27-24/h3-9,12,14H,10-11,13H2,1-2H3,(H,28,29)(H2,25,26,27). The average molecular weight is 433 g/mol. The molecule has 3 N–H and O–H groups in total. The van der Waals surface area contributed by atoms with Gasteiger partial charge < -0.3 is 15.8 Å². The number of rotatable bonds is 7. The van der Waals surface area contributed by atoms with Crippen LogP contribution in [0.5, 0.6) is 0 Å². The Morgan fingerprint density at radius 3 is 2.71 bits per heavy atom. The second kappa shape index (κ2) is 9.24. The fourth-order valence-electron chi connectivity index (χ4n) is 3.61. The third-order valence-electron chi connectivity index (χ3n) is 5.03. The highest BCUT2D eigenvalue weighted by Crippen LogP contribution is 2.40. The van der Waals surface area contributed by atoms with Gasteiger partial charge in [-0.1, -0.05) is 42.0 Å². The van der Waals surface area contributed by atoms with Gasteiger partial charge in [-0.05, 0) is 30.2 Å². The molecule has 0 spiro atoms. The van der Waals surface area contributed by atoms with E-state index in [0.717, 1.165) is 49.5 Å². The number of hydrogen-bond donors (Lipinski definition) is 2. The van der Waals surface area contributed by atoms with E-state index in [1.165, 1.54) is 6.33 Å². The van der Waals surface area contributed by atoms with Crippen molar-refractivity contribution in [3.8, 4) is 11.1 Å². The van der Waals surface area contributed by atoms with Gasteiger partial charge in [-0.25, -0.2) is 9.97 Å². The number of fused-ring (bicyclic) bond motifs is 1. The maximum Gasteiger partial charge on any atom is 0.228 e. The number of benzene rings is 2. The van der Waals surface area contributed by atoms with Crippen molar-refractivity contribution in [2.75, 3.05) is 24.8 Å². The van der Waals surface area contributed by atoms with Gasteiger partial charge in [-0.15, -0.1) is 11.3 Å². The molecule has 2 aromatic carbocycles. The molecule has 0 aliphatic heterocycles. The van der Waals surface area contributed by atoms with E-state index >= 15 is 0 Å². The fraction of sp³-hybridized carbons (Fsp3) is 0.208. The summed E-state index contributed by atoms with van der Waals surface area (Å²) in [5.41, 5.74) is 11.1. The Balaban J connectivity index is 1.58.